The Morgan fingerprint density at radius 3 is 1.47 bits per heavy atom. The number of ether oxygens (including phenoxy) is 2. The highest BCUT2D eigenvalue weighted by Gasteiger charge is 2.20. The van der Waals surface area contributed by atoms with Crippen molar-refractivity contribution in [3.8, 4) is 0 Å². The molecule has 0 aliphatic carbocycles. The van der Waals surface area contributed by atoms with Gasteiger partial charge in [0.25, 0.3) is 7.82 Å². The molecule has 9 heteroatoms. The van der Waals surface area contributed by atoms with E-state index >= 15 is 0 Å². The van der Waals surface area contributed by atoms with Crippen molar-refractivity contribution < 1.29 is 37.3 Å². The first-order chi connectivity index (χ1) is 28.6. The Morgan fingerprint density at radius 2 is 0.983 bits per heavy atom. The summed E-state index contributed by atoms with van der Waals surface area (Å²) in [4.78, 5) is 25.1. The maximum Gasteiger partial charge on any atom is 0.306 e. The van der Waals surface area contributed by atoms with E-state index in [-0.39, 0.29) is 25.8 Å². The van der Waals surface area contributed by atoms with Crippen molar-refractivity contribution in [1.82, 2.24) is 0 Å². The minimum absolute atomic E-state index is 0.0153. The van der Waals surface area contributed by atoms with E-state index in [2.05, 4.69) is 86.8 Å². The van der Waals surface area contributed by atoms with Crippen LogP contribution in [-0.2, 0) is 27.9 Å². The molecule has 2 unspecified atom stereocenters. The molecule has 342 valence electrons. The van der Waals surface area contributed by atoms with Gasteiger partial charge in [0.15, 0.2) is 0 Å². The van der Waals surface area contributed by atoms with Gasteiger partial charge in [0.1, 0.15) is 19.3 Å². The second-order valence-corrected chi connectivity index (χ2v) is 18.1. The lowest BCUT2D eigenvalue weighted by Crippen LogP contribution is -2.37. The van der Waals surface area contributed by atoms with Gasteiger partial charge in [-0.25, -0.2) is 0 Å². The maximum absolute atomic E-state index is 12.7. The molecule has 0 rings (SSSR count). The summed E-state index contributed by atoms with van der Waals surface area (Å²) in [6.45, 7) is 5.19. The number of rotatable bonds is 43. The van der Waals surface area contributed by atoms with E-state index in [1.54, 1.807) is 0 Å². The summed E-state index contributed by atoms with van der Waals surface area (Å²) in [5.41, 5.74) is 0. The Labute approximate surface area is 363 Å². The molecule has 0 saturated carbocycles. The predicted octanol–water partition coefficient (Wildman–Crippen LogP) is 13.6. The molecule has 59 heavy (non-hydrogen) atoms. The van der Waals surface area contributed by atoms with Gasteiger partial charge in [-0.05, 0) is 83.5 Å². The van der Waals surface area contributed by atoms with Crippen LogP contribution < -0.4 is 4.89 Å². The molecule has 8 nitrogen and oxygen atoms in total. The third-order valence-electron chi connectivity index (χ3n) is 9.74. The van der Waals surface area contributed by atoms with Crippen molar-refractivity contribution in [3.63, 3.8) is 0 Å². The van der Waals surface area contributed by atoms with E-state index < -0.39 is 13.9 Å². The largest absolute Gasteiger partial charge is 0.756 e. The van der Waals surface area contributed by atoms with Crippen LogP contribution in [0.25, 0.3) is 0 Å². The first kappa shape index (κ1) is 56.9. The highest BCUT2D eigenvalue weighted by molar-refractivity contribution is 7.45. The summed E-state index contributed by atoms with van der Waals surface area (Å²) < 4.78 is 34.6. The average Bonchev–Trinajstić information content (AvgIpc) is 3.19. The van der Waals surface area contributed by atoms with Crippen molar-refractivity contribution >= 4 is 13.8 Å². The van der Waals surface area contributed by atoms with Gasteiger partial charge in [0, 0.05) is 13.0 Å². The summed E-state index contributed by atoms with van der Waals surface area (Å²) >= 11 is 0. The normalized spacial score (nSPS) is 14.3. The summed E-state index contributed by atoms with van der Waals surface area (Å²) in [5.74, 6) is -0.352. The van der Waals surface area contributed by atoms with E-state index in [1.807, 2.05) is 21.1 Å². The monoisotopic (exact) mass is 848 g/mol. The number of esters is 1. The summed E-state index contributed by atoms with van der Waals surface area (Å²) in [7, 11) is 1.32. The van der Waals surface area contributed by atoms with Crippen LogP contribution in [0.3, 0.4) is 0 Å². The van der Waals surface area contributed by atoms with Crippen molar-refractivity contribution in [2.45, 2.75) is 187 Å². The number of phosphoric acid groups is 1. The lowest BCUT2D eigenvalue weighted by molar-refractivity contribution is -0.870. The van der Waals surface area contributed by atoms with Crippen molar-refractivity contribution in [2.24, 2.45) is 0 Å². The minimum Gasteiger partial charge on any atom is -0.756 e. The van der Waals surface area contributed by atoms with Gasteiger partial charge >= 0.3 is 5.97 Å². The highest BCUT2D eigenvalue weighted by atomic mass is 31.2. The Balaban J connectivity index is 4.25. The fraction of sp³-hybridized carbons (Fsp3) is 0.740. The van der Waals surface area contributed by atoms with Gasteiger partial charge in [-0.3, -0.25) is 9.36 Å². The zero-order valence-corrected chi connectivity index (χ0v) is 39.6. The standard InChI is InChI=1S/C50H90NO7P/c1-6-8-10-12-14-16-18-20-22-24-25-26-27-28-29-31-33-35-37-39-41-43-50(52)58-49(48-57-59(53,54)56-46-44-51(3,4)5)47-55-45-42-40-38-36-34-32-30-23-21-19-17-15-13-11-9-7-2/h9,11,15,17-18,20-21,23-25,32,34,49H,6-8,10,12-14,16,19,22,26-31,33,35-48H2,1-5H3/b11-9-,17-15-,20-18-,23-21-,25-24-,34-32-. The van der Waals surface area contributed by atoms with Crippen molar-refractivity contribution in [2.75, 3.05) is 54.1 Å². The van der Waals surface area contributed by atoms with Crippen LogP contribution in [0.5, 0.6) is 0 Å². The van der Waals surface area contributed by atoms with Gasteiger partial charge in [-0.2, -0.15) is 0 Å². The lowest BCUT2D eigenvalue weighted by atomic mass is 10.1. The van der Waals surface area contributed by atoms with Crippen molar-refractivity contribution in [1.29, 1.82) is 0 Å². The van der Waals surface area contributed by atoms with Gasteiger partial charge in [-0.1, -0.05) is 164 Å². The summed E-state index contributed by atoms with van der Waals surface area (Å²) in [5, 5.41) is 0. The molecule has 2 atom stereocenters. The zero-order valence-electron chi connectivity index (χ0n) is 38.7. The number of quaternary nitrogens is 1. The molecule has 0 radical (unpaired) electrons. The smallest absolute Gasteiger partial charge is 0.306 e. The Hall–Kier alpha value is -2.06. The van der Waals surface area contributed by atoms with E-state index in [9.17, 15) is 14.3 Å². The molecule has 0 saturated heterocycles. The summed E-state index contributed by atoms with van der Waals surface area (Å²) in [6.07, 6.45) is 54.9. The van der Waals surface area contributed by atoms with Gasteiger partial charge in [0.2, 0.25) is 0 Å². The van der Waals surface area contributed by atoms with Crippen LogP contribution in [-0.4, -0.2) is 70.7 Å². The molecule has 0 amide bonds. The number of likely N-dealkylation sites (N-methyl/N-ethyl adjacent to an activating group) is 1. The van der Waals surface area contributed by atoms with Crippen LogP contribution in [0.4, 0.5) is 0 Å². The van der Waals surface area contributed by atoms with Crippen LogP contribution in [0, 0.1) is 0 Å². The first-order valence-electron chi connectivity index (χ1n) is 23.7. The zero-order chi connectivity index (χ0) is 43.4. The number of hydrogen-bond acceptors (Lipinski definition) is 7. The fourth-order valence-corrected chi connectivity index (χ4v) is 6.82. The van der Waals surface area contributed by atoms with Crippen LogP contribution in [0.15, 0.2) is 72.9 Å². The van der Waals surface area contributed by atoms with E-state index in [4.69, 9.17) is 18.5 Å². The second kappa shape index (κ2) is 42.6. The molecule has 0 spiro atoms. The molecule has 0 heterocycles. The van der Waals surface area contributed by atoms with Gasteiger partial charge in [-0.15, -0.1) is 0 Å². The van der Waals surface area contributed by atoms with Crippen molar-refractivity contribution in [3.05, 3.63) is 72.9 Å². The molecule has 0 aromatic heterocycles. The second-order valence-electron chi connectivity index (χ2n) is 16.7. The fourth-order valence-electron chi connectivity index (χ4n) is 6.10. The Bertz CT molecular complexity index is 1170. The molecule has 0 aromatic carbocycles. The summed E-state index contributed by atoms with van der Waals surface area (Å²) in [6, 6.07) is 0. The topological polar surface area (TPSA) is 94.1 Å². The molecule has 0 fully saturated rings. The first-order valence-corrected chi connectivity index (χ1v) is 25.1. The minimum atomic E-state index is -4.54. The Kier molecular flexibility index (Phi) is 41.1. The molecule has 0 bridgehead atoms. The molecule has 0 aromatic rings. The van der Waals surface area contributed by atoms with Gasteiger partial charge < -0.3 is 27.9 Å². The van der Waals surface area contributed by atoms with E-state index in [1.165, 1.54) is 83.5 Å². The van der Waals surface area contributed by atoms with Gasteiger partial charge in [0.05, 0.1) is 34.4 Å². The highest BCUT2D eigenvalue weighted by Crippen LogP contribution is 2.38. The number of nitrogens with zero attached hydrogens (tertiary/aromatic N) is 1. The quantitative estimate of drug-likeness (QED) is 0.0198. The molecular formula is C50H90NO7P. The third-order valence-corrected chi connectivity index (χ3v) is 10.7. The Morgan fingerprint density at radius 1 is 0.542 bits per heavy atom. The number of hydrogen-bond donors (Lipinski definition) is 0. The molecular weight excluding hydrogens is 758 g/mol. The van der Waals surface area contributed by atoms with Crippen LogP contribution in [0.2, 0.25) is 0 Å². The van der Waals surface area contributed by atoms with E-state index in [0.717, 1.165) is 77.0 Å². The number of phosphoric ester groups is 1. The van der Waals surface area contributed by atoms with Crippen LogP contribution >= 0.6 is 7.82 Å². The number of unbranched alkanes of at least 4 members (excludes halogenated alkanes) is 17. The number of allylic oxidation sites excluding steroid dienone is 12. The third kappa shape index (κ3) is 46.9. The molecule has 0 N–H and O–H groups in total. The average molecular weight is 848 g/mol. The SMILES string of the molecule is CC/C=C\C/C=C\C/C=C\C/C=C\CCCCCOCC(COP(=O)([O-])OCC[N+](C)(C)C)OC(=O)CCCCCCCCCCC/C=C\C/C=C\CCCCCCC. The maximum atomic E-state index is 12.7. The predicted molar refractivity (Wildman–Crippen MR) is 249 cm³/mol. The lowest BCUT2D eigenvalue weighted by Gasteiger charge is -2.28. The molecule has 0 aliphatic rings. The molecule has 0 aliphatic heterocycles. The van der Waals surface area contributed by atoms with Crippen LogP contribution in [0.1, 0.15) is 181 Å². The van der Waals surface area contributed by atoms with E-state index in [0.29, 0.717) is 24.1 Å². The number of carbonyl (C=O) groups is 1. The number of carbonyl (C=O) groups excluding carboxylic acids is 1.